The zero-order valence-corrected chi connectivity index (χ0v) is 17.4. The van der Waals surface area contributed by atoms with Gasteiger partial charge in [-0.3, -0.25) is 4.79 Å². The summed E-state index contributed by atoms with van der Waals surface area (Å²) in [6.07, 6.45) is 10.00. The van der Waals surface area contributed by atoms with Crippen LogP contribution in [0.4, 0.5) is 0 Å². The molecule has 4 saturated carbocycles. The van der Waals surface area contributed by atoms with Crippen LogP contribution in [0, 0.1) is 23.2 Å². The number of esters is 1. The van der Waals surface area contributed by atoms with E-state index in [0.29, 0.717) is 0 Å². The number of benzene rings is 2. The van der Waals surface area contributed by atoms with Crippen molar-refractivity contribution >= 4 is 27.6 Å². The highest BCUT2D eigenvalue weighted by Gasteiger charge is 2.55. The molecular formula is C25H30O2S. The second-order valence-electron chi connectivity index (χ2n) is 9.91. The van der Waals surface area contributed by atoms with Gasteiger partial charge in [-0.1, -0.05) is 24.3 Å². The predicted octanol–water partition coefficient (Wildman–Crippen LogP) is 6.12. The summed E-state index contributed by atoms with van der Waals surface area (Å²) in [6.45, 7) is 0. The molecule has 0 N–H and O–H groups in total. The van der Waals surface area contributed by atoms with E-state index >= 15 is 0 Å². The second kappa shape index (κ2) is 6.52. The third-order valence-corrected chi connectivity index (χ3v) is 10.8. The standard InChI is InChI=1S/C25H30O2S/c26-24(25-14-17-11-18(15-25)13-19(12-17)16-25)27-22-7-8-23(28-9-3-4-10-28)21-6-2-1-5-20(21)22/h1-2,5-8,17-19,28H,3-4,9-16H2. The van der Waals surface area contributed by atoms with Crippen molar-refractivity contribution in [1.82, 2.24) is 0 Å². The minimum Gasteiger partial charge on any atom is -0.425 e. The summed E-state index contributed by atoms with van der Waals surface area (Å²) in [4.78, 5) is 14.9. The molecular weight excluding hydrogens is 364 g/mol. The van der Waals surface area contributed by atoms with Gasteiger partial charge in [0.15, 0.2) is 0 Å². The summed E-state index contributed by atoms with van der Waals surface area (Å²) in [6, 6.07) is 12.9. The molecule has 2 aromatic rings. The number of rotatable bonds is 3. The lowest BCUT2D eigenvalue weighted by molar-refractivity contribution is -0.161. The average molecular weight is 395 g/mol. The van der Waals surface area contributed by atoms with Crippen LogP contribution in [0.5, 0.6) is 5.75 Å². The van der Waals surface area contributed by atoms with Gasteiger partial charge in [-0.25, -0.2) is 10.9 Å². The molecule has 4 aliphatic carbocycles. The molecule has 0 atom stereocenters. The summed E-state index contributed by atoms with van der Waals surface area (Å²) >= 11 is 0. The Morgan fingerprint density at radius 1 is 0.857 bits per heavy atom. The molecule has 4 bridgehead atoms. The second-order valence-corrected chi connectivity index (χ2v) is 12.4. The van der Waals surface area contributed by atoms with E-state index in [1.165, 1.54) is 53.9 Å². The van der Waals surface area contributed by atoms with E-state index in [0.717, 1.165) is 48.2 Å². The van der Waals surface area contributed by atoms with E-state index in [1.54, 1.807) is 0 Å². The maximum absolute atomic E-state index is 13.4. The number of fused-ring (bicyclic) bond motifs is 1. The van der Waals surface area contributed by atoms with Crippen LogP contribution >= 0.6 is 10.9 Å². The zero-order valence-electron chi connectivity index (χ0n) is 16.5. The number of thiol groups is 1. The molecule has 1 heterocycles. The molecule has 1 aliphatic heterocycles. The smallest absolute Gasteiger partial charge is 0.317 e. The Labute approximate surface area is 170 Å². The molecule has 2 nitrogen and oxygen atoms in total. The van der Waals surface area contributed by atoms with Crippen LogP contribution < -0.4 is 4.74 Å². The van der Waals surface area contributed by atoms with E-state index in [4.69, 9.17) is 4.74 Å². The fourth-order valence-electron chi connectivity index (χ4n) is 7.15. The van der Waals surface area contributed by atoms with Crippen LogP contribution in [0.1, 0.15) is 51.4 Å². The molecule has 0 radical (unpaired) electrons. The van der Waals surface area contributed by atoms with Crippen LogP contribution in [0.2, 0.25) is 0 Å². The molecule has 5 aliphatic rings. The molecule has 0 aromatic heterocycles. The largest absolute Gasteiger partial charge is 0.425 e. The highest BCUT2D eigenvalue weighted by Crippen LogP contribution is 2.60. The van der Waals surface area contributed by atoms with Crippen molar-refractivity contribution in [3.8, 4) is 5.75 Å². The van der Waals surface area contributed by atoms with Gasteiger partial charge >= 0.3 is 5.97 Å². The highest BCUT2D eigenvalue weighted by molar-refractivity contribution is 8.17. The molecule has 0 unspecified atom stereocenters. The van der Waals surface area contributed by atoms with Crippen LogP contribution in [0.3, 0.4) is 0 Å². The van der Waals surface area contributed by atoms with Gasteiger partial charge in [0.1, 0.15) is 5.75 Å². The van der Waals surface area contributed by atoms with Crippen molar-refractivity contribution in [2.24, 2.45) is 23.2 Å². The van der Waals surface area contributed by atoms with Crippen molar-refractivity contribution in [2.45, 2.75) is 56.3 Å². The number of carbonyl (C=O) groups excluding carboxylic acids is 1. The van der Waals surface area contributed by atoms with Gasteiger partial charge in [0.05, 0.1) is 5.41 Å². The van der Waals surface area contributed by atoms with Crippen LogP contribution in [-0.2, 0) is 4.79 Å². The molecule has 1 saturated heterocycles. The van der Waals surface area contributed by atoms with Gasteiger partial charge in [0.2, 0.25) is 0 Å². The predicted molar refractivity (Wildman–Crippen MR) is 116 cm³/mol. The molecule has 0 spiro atoms. The highest BCUT2D eigenvalue weighted by atomic mass is 32.2. The summed E-state index contributed by atoms with van der Waals surface area (Å²) in [7, 11) is -0.0356. The van der Waals surface area contributed by atoms with Crippen molar-refractivity contribution < 1.29 is 9.53 Å². The Balaban J connectivity index is 1.33. The topological polar surface area (TPSA) is 26.3 Å². The summed E-state index contributed by atoms with van der Waals surface area (Å²) in [5.74, 6) is 5.86. The molecule has 2 aromatic carbocycles. The van der Waals surface area contributed by atoms with Crippen molar-refractivity contribution in [1.29, 1.82) is 0 Å². The SMILES string of the molecule is O=C(Oc1ccc([SH]2CCCC2)c2ccccc12)C12CC3CC(CC(C3)C1)C2. The van der Waals surface area contributed by atoms with Crippen LogP contribution in [0.15, 0.2) is 41.3 Å². The van der Waals surface area contributed by atoms with Crippen LogP contribution in [-0.4, -0.2) is 17.5 Å². The number of carbonyl (C=O) groups is 1. The van der Waals surface area contributed by atoms with Gasteiger partial charge in [-0.05, 0) is 103 Å². The minimum atomic E-state index is -0.190. The van der Waals surface area contributed by atoms with Crippen molar-refractivity contribution in [2.75, 3.05) is 11.5 Å². The lowest BCUT2D eigenvalue weighted by atomic mass is 9.49. The molecule has 7 rings (SSSR count). The first-order chi connectivity index (χ1) is 13.7. The first-order valence-electron chi connectivity index (χ1n) is 11.2. The van der Waals surface area contributed by atoms with Gasteiger partial charge < -0.3 is 4.74 Å². The number of ether oxygens (including phenoxy) is 1. The van der Waals surface area contributed by atoms with E-state index in [-0.39, 0.29) is 22.3 Å². The molecule has 3 heteroatoms. The van der Waals surface area contributed by atoms with Crippen molar-refractivity contribution in [3.05, 3.63) is 36.4 Å². The quantitative estimate of drug-likeness (QED) is 0.386. The van der Waals surface area contributed by atoms with E-state index in [2.05, 4.69) is 36.4 Å². The Bertz CT molecular complexity index is 892. The average Bonchev–Trinajstić information content (AvgIpc) is 3.22. The Kier molecular flexibility index (Phi) is 4.05. The maximum Gasteiger partial charge on any atom is 0.317 e. The maximum atomic E-state index is 13.4. The van der Waals surface area contributed by atoms with E-state index < -0.39 is 0 Å². The molecule has 5 fully saturated rings. The normalized spacial score (nSPS) is 34.9. The molecule has 28 heavy (non-hydrogen) atoms. The van der Waals surface area contributed by atoms with E-state index in [1.807, 2.05) is 0 Å². The van der Waals surface area contributed by atoms with E-state index in [9.17, 15) is 4.79 Å². The van der Waals surface area contributed by atoms with Gasteiger partial charge in [0, 0.05) is 5.39 Å². The third-order valence-electron chi connectivity index (χ3n) is 7.98. The van der Waals surface area contributed by atoms with Crippen molar-refractivity contribution in [3.63, 3.8) is 0 Å². The van der Waals surface area contributed by atoms with Gasteiger partial charge in [0.25, 0.3) is 0 Å². The lowest BCUT2D eigenvalue weighted by Crippen LogP contribution is -2.51. The van der Waals surface area contributed by atoms with Crippen LogP contribution in [0.25, 0.3) is 10.8 Å². The lowest BCUT2D eigenvalue weighted by Gasteiger charge is -2.55. The fourth-order valence-corrected chi connectivity index (χ4v) is 9.88. The summed E-state index contributed by atoms with van der Waals surface area (Å²) in [5.41, 5.74) is -0.190. The molecule has 0 amide bonds. The Hall–Kier alpha value is -1.48. The first-order valence-corrected chi connectivity index (χ1v) is 12.9. The van der Waals surface area contributed by atoms with Gasteiger partial charge in [-0.2, -0.15) is 0 Å². The molecule has 148 valence electrons. The summed E-state index contributed by atoms with van der Waals surface area (Å²) < 4.78 is 6.20. The van der Waals surface area contributed by atoms with Gasteiger partial charge in [-0.15, -0.1) is 0 Å². The fraction of sp³-hybridized carbons (Fsp3) is 0.560. The Morgan fingerprint density at radius 3 is 2.11 bits per heavy atom. The zero-order chi connectivity index (χ0) is 18.7. The summed E-state index contributed by atoms with van der Waals surface area (Å²) in [5, 5.41) is 2.44. The minimum absolute atomic E-state index is 0.0356. The first kappa shape index (κ1) is 17.4. The third kappa shape index (κ3) is 2.73. The monoisotopic (exact) mass is 394 g/mol. The number of hydrogen-bond acceptors (Lipinski definition) is 2. The number of hydrogen-bond donors (Lipinski definition) is 1. The Morgan fingerprint density at radius 2 is 1.46 bits per heavy atom.